The van der Waals surface area contributed by atoms with Gasteiger partial charge in [-0.2, -0.15) is 0 Å². The summed E-state index contributed by atoms with van der Waals surface area (Å²) in [4.78, 5) is 24.6. The third kappa shape index (κ3) is 8.89. The lowest BCUT2D eigenvalue weighted by Crippen LogP contribution is -2.38. The van der Waals surface area contributed by atoms with E-state index in [2.05, 4.69) is 22.8 Å². The molecule has 156 valence electrons. The van der Waals surface area contributed by atoms with Crippen LogP contribution in [0.4, 0.5) is 0 Å². The first kappa shape index (κ1) is 22.6. The minimum atomic E-state index is -0.0278. The van der Waals surface area contributed by atoms with Crippen LogP contribution in [0.1, 0.15) is 30.0 Å². The van der Waals surface area contributed by atoms with Crippen molar-refractivity contribution in [3.05, 3.63) is 71.3 Å². The second kappa shape index (κ2) is 12.7. The van der Waals surface area contributed by atoms with Crippen molar-refractivity contribution >= 4 is 12.3 Å². The number of carbonyl (C=O) groups excluding carboxylic acids is 2. The van der Waals surface area contributed by atoms with E-state index < -0.39 is 0 Å². The van der Waals surface area contributed by atoms with Gasteiger partial charge >= 0.3 is 0 Å². The molecule has 0 aliphatic heterocycles. The summed E-state index contributed by atoms with van der Waals surface area (Å²) in [5.74, 6) is -0.0278. The fraction of sp³-hybridized carbons (Fsp3) is 0.391. The van der Waals surface area contributed by atoms with E-state index in [1.165, 1.54) is 5.56 Å². The Morgan fingerprint density at radius 1 is 1.07 bits per heavy atom. The van der Waals surface area contributed by atoms with Crippen molar-refractivity contribution in [2.24, 2.45) is 5.73 Å². The highest BCUT2D eigenvalue weighted by molar-refractivity contribution is 5.73. The molecule has 2 aromatic carbocycles. The lowest BCUT2D eigenvalue weighted by atomic mass is 10.0. The fourth-order valence-corrected chi connectivity index (χ4v) is 3.29. The number of hydrogen-bond donors (Lipinski definition) is 3. The van der Waals surface area contributed by atoms with Gasteiger partial charge in [-0.05, 0) is 36.1 Å². The molecule has 6 heteroatoms. The quantitative estimate of drug-likeness (QED) is 0.356. The van der Waals surface area contributed by atoms with Crippen LogP contribution in [-0.4, -0.2) is 42.9 Å². The van der Waals surface area contributed by atoms with Gasteiger partial charge in [0.25, 0.3) is 0 Å². The molecule has 0 saturated heterocycles. The predicted octanol–water partition coefficient (Wildman–Crippen LogP) is 1.83. The molecule has 0 fully saturated rings. The number of nitrogens with zero attached hydrogens (tertiary/aromatic N) is 1. The number of nitrogens with two attached hydrogens (primary N) is 1. The second-order valence-corrected chi connectivity index (χ2v) is 7.23. The van der Waals surface area contributed by atoms with Gasteiger partial charge in [0, 0.05) is 39.1 Å². The molecule has 0 aliphatic rings. The summed E-state index contributed by atoms with van der Waals surface area (Å²) in [6.45, 7) is 4.78. The number of hydrogen-bond acceptors (Lipinski definition) is 4. The van der Waals surface area contributed by atoms with Crippen LogP contribution in [0.2, 0.25) is 0 Å². The number of amides is 2. The molecule has 2 rings (SSSR count). The third-order valence-corrected chi connectivity index (χ3v) is 4.74. The van der Waals surface area contributed by atoms with Gasteiger partial charge in [0.15, 0.2) is 0 Å². The number of benzene rings is 2. The lowest BCUT2D eigenvalue weighted by Gasteiger charge is -2.20. The normalized spacial score (nSPS) is 11.7. The minimum absolute atomic E-state index is 0.0278. The molecule has 0 radical (unpaired) electrons. The maximum Gasteiger partial charge on any atom is 0.217 e. The second-order valence-electron chi connectivity index (χ2n) is 7.23. The Kier molecular flexibility index (Phi) is 9.89. The largest absolute Gasteiger partial charge is 0.353 e. The topological polar surface area (TPSA) is 87.5 Å². The van der Waals surface area contributed by atoms with E-state index in [1.807, 2.05) is 42.5 Å². The molecule has 2 amide bonds. The van der Waals surface area contributed by atoms with E-state index >= 15 is 0 Å². The average molecular weight is 397 g/mol. The van der Waals surface area contributed by atoms with E-state index in [0.29, 0.717) is 26.2 Å². The number of nitrogens with one attached hydrogen (secondary N) is 2. The Hall–Kier alpha value is -2.70. The number of rotatable bonds is 13. The van der Waals surface area contributed by atoms with Crippen LogP contribution in [0.15, 0.2) is 54.6 Å². The lowest BCUT2D eigenvalue weighted by molar-refractivity contribution is -0.120. The molecule has 4 N–H and O–H groups in total. The molecule has 2 aromatic rings. The third-order valence-electron chi connectivity index (χ3n) is 4.74. The van der Waals surface area contributed by atoms with Gasteiger partial charge in [0.05, 0.1) is 0 Å². The van der Waals surface area contributed by atoms with Gasteiger partial charge in [-0.3, -0.25) is 9.59 Å². The fourth-order valence-electron chi connectivity index (χ4n) is 3.29. The predicted molar refractivity (Wildman–Crippen MR) is 116 cm³/mol. The molecular weight excluding hydrogens is 364 g/mol. The maximum atomic E-state index is 11.6. The van der Waals surface area contributed by atoms with Crippen LogP contribution < -0.4 is 16.4 Å². The first-order valence-corrected chi connectivity index (χ1v) is 10.1. The van der Waals surface area contributed by atoms with Crippen LogP contribution >= 0.6 is 0 Å². The zero-order valence-corrected chi connectivity index (χ0v) is 17.1. The molecule has 1 atom stereocenters. The Morgan fingerprint density at radius 2 is 1.79 bits per heavy atom. The van der Waals surface area contributed by atoms with Crippen LogP contribution in [0, 0.1) is 0 Å². The van der Waals surface area contributed by atoms with Gasteiger partial charge in [-0.15, -0.1) is 0 Å². The van der Waals surface area contributed by atoms with Crippen LogP contribution in [-0.2, 0) is 29.1 Å². The molecular formula is C23H32N4O2. The first-order chi connectivity index (χ1) is 14.1. The first-order valence-electron chi connectivity index (χ1n) is 10.1. The summed E-state index contributed by atoms with van der Waals surface area (Å²) in [5, 5.41) is 6.41. The van der Waals surface area contributed by atoms with Gasteiger partial charge < -0.3 is 21.3 Å². The van der Waals surface area contributed by atoms with E-state index in [9.17, 15) is 9.59 Å². The molecule has 0 aliphatic carbocycles. The minimum Gasteiger partial charge on any atom is -0.353 e. The zero-order chi connectivity index (χ0) is 20.9. The molecule has 0 unspecified atom stereocenters. The molecule has 0 bridgehead atoms. The summed E-state index contributed by atoms with van der Waals surface area (Å²) < 4.78 is 0. The Labute approximate surface area is 173 Å². The number of carbonyl (C=O) groups is 2. The highest BCUT2D eigenvalue weighted by Gasteiger charge is 2.11. The molecule has 0 spiro atoms. The standard InChI is InChI=1S/C23H32N4O2/c1-19(29)26-23(15-21-8-5-9-22(14-21)16-24)10-11-25-12-13-27(18-28)17-20-6-3-2-4-7-20/h2-9,14,18,23,25H,10-13,15-17,24H2,1H3,(H,26,29)/t23-/m1/s1. The van der Waals surface area contributed by atoms with Crippen molar-refractivity contribution in [3.63, 3.8) is 0 Å². The van der Waals surface area contributed by atoms with Crippen LogP contribution in [0.5, 0.6) is 0 Å². The highest BCUT2D eigenvalue weighted by atomic mass is 16.1. The molecule has 0 heterocycles. The van der Waals surface area contributed by atoms with E-state index in [0.717, 1.165) is 36.9 Å². The van der Waals surface area contributed by atoms with Crippen LogP contribution in [0.25, 0.3) is 0 Å². The summed E-state index contributed by atoms with van der Waals surface area (Å²) >= 11 is 0. The van der Waals surface area contributed by atoms with Crippen molar-refractivity contribution in [1.29, 1.82) is 0 Å². The zero-order valence-electron chi connectivity index (χ0n) is 17.1. The molecule has 29 heavy (non-hydrogen) atoms. The van der Waals surface area contributed by atoms with E-state index in [4.69, 9.17) is 5.73 Å². The highest BCUT2D eigenvalue weighted by Crippen LogP contribution is 2.09. The molecule has 0 saturated carbocycles. The van der Waals surface area contributed by atoms with Crippen molar-refractivity contribution < 1.29 is 9.59 Å². The van der Waals surface area contributed by atoms with E-state index in [-0.39, 0.29) is 11.9 Å². The molecule has 0 aromatic heterocycles. The van der Waals surface area contributed by atoms with Crippen molar-refractivity contribution in [2.75, 3.05) is 19.6 Å². The summed E-state index contributed by atoms with van der Waals surface area (Å²) in [6.07, 6.45) is 2.47. The smallest absolute Gasteiger partial charge is 0.217 e. The maximum absolute atomic E-state index is 11.6. The Morgan fingerprint density at radius 3 is 2.48 bits per heavy atom. The van der Waals surface area contributed by atoms with Gasteiger partial charge in [0.1, 0.15) is 0 Å². The van der Waals surface area contributed by atoms with Crippen LogP contribution in [0.3, 0.4) is 0 Å². The summed E-state index contributed by atoms with van der Waals surface area (Å²) in [6, 6.07) is 18.2. The average Bonchev–Trinajstić information content (AvgIpc) is 2.73. The SMILES string of the molecule is CC(=O)N[C@H](CCNCCN(C=O)Cc1ccccc1)Cc1cccc(CN)c1. The van der Waals surface area contributed by atoms with Crippen molar-refractivity contribution in [3.8, 4) is 0 Å². The summed E-state index contributed by atoms with van der Waals surface area (Å²) in [7, 11) is 0. The molecule has 6 nitrogen and oxygen atoms in total. The monoisotopic (exact) mass is 396 g/mol. The van der Waals surface area contributed by atoms with Crippen molar-refractivity contribution in [2.45, 2.75) is 38.9 Å². The Balaban J connectivity index is 1.75. The van der Waals surface area contributed by atoms with E-state index in [1.54, 1.807) is 11.8 Å². The van der Waals surface area contributed by atoms with Gasteiger partial charge in [-0.25, -0.2) is 0 Å². The Bertz CT molecular complexity index is 752. The van der Waals surface area contributed by atoms with Gasteiger partial charge in [0.2, 0.25) is 12.3 Å². The van der Waals surface area contributed by atoms with Crippen molar-refractivity contribution in [1.82, 2.24) is 15.5 Å². The summed E-state index contributed by atoms with van der Waals surface area (Å²) in [5.41, 5.74) is 9.10. The van der Waals surface area contributed by atoms with Gasteiger partial charge in [-0.1, -0.05) is 54.6 Å².